The molecule has 0 aromatic heterocycles. The van der Waals surface area contributed by atoms with Gasteiger partial charge in [-0.15, -0.1) is 0 Å². The van der Waals surface area contributed by atoms with Crippen molar-refractivity contribution >= 4 is 53.4 Å². The number of urea groups is 2. The largest absolute Gasteiger partial charge is 0.508 e. The predicted octanol–water partition coefficient (Wildman–Crippen LogP) is -0.433. The van der Waals surface area contributed by atoms with E-state index in [0.29, 0.717) is 17.9 Å². The van der Waals surface area contributed by atoms with Crippen molar-refractivity contribution in [3.05, 3.63) is 71.1 Å². The van der Waals surface area contributed by atoms with E-state index < -0.39 is 84.2 Å². The Kier molecular flexibility index (Phi) is 15.2. The number of ether oxygens (including phenoxy) is 1. The maximum absolute atomic E-state index is 14.0. The zero-order valence-corrected chi connectivity index (χ0v) is 34.0. The van der Waals surface area contributed by atoms with Crippen LogP contribution in [0.2, 0.25) is 0 Å². The molecule has 8 amide bonds. The van der Waals surface area contributed by atoms with E-state index in [1.54, 1.807) is 30.5 Å². The number of phenolic OH excluding ortho intramolecular Hbond substituents is 2. The third-order valence-corrected chi connectivity index (χ3v) is 11.1. The molecule has 2 saturated heterocycles. The van der Waals surface area contributed by atoms with Gasteiger partial charge in [-0.1, -0.05) is 18.2 Å². The second kappa shape index (κ2) is 20.3. The Bertz CT molecular complexity index is 2000. The highest BCUT2D eigenvalue weighted by Crippen LogP contribution is 2.27. The SMILES string of the molecule is CSCCC(NC(=O)NC(Cc1cccc(O)c1)C(=O)O)C(=O)NC(C(=O)NC=C1CC(O)C(N2CCC(=O)NC2=O)O1)C(C)N(C)C(=O)C1Cc2cc(O)ccc2CN1. The van der Waals surface area contributed by atoms with Crippen molar-refractivity contribution in [2.75, 3.05) is 25.6 Å². The number of nitrogens with zero attached hydrogens (tertiary/aromatic N) is 2. The Morgan fingerprint density at radius 3 is 2.43 bits per heavy atom. The number of carboxylic acids is 1. The van der Waals surface area contributed by atoms with Crippen molar-refractivity contribution in [2.24, 2.45) is 0 Å². The van der Waals surface area contributed by atoms with Crippen LogP contribution in [-0.4, -0.2) is 140 Å². The molecular formula is C39H50N8O12S. The second-order valence-corrected chi connectivity index (χ2v) is 15.7. The topological polar surface area (TPSA) is 288 Å². The number of aliphatic hydroxyl groups is 1. The first-order valence-corrected chi connectivity index (χ1v) is 20.6. The normalized spacial score (nSPS) is 21.3. The van der Waals surface area contributed by atoms with Crippen LogP contribution in [0.5, 0.6) is 11.5 Å². The van der Waals surface area contributed by atoms with Crippen LogP contribution in [0.3, 0.4) is 0 Å². The summed E-state index contributed by atoms with van der Waals surface area (Å²) in [5.41, 5.74) is 2.10. The summed E-state index contributed by atoms with van der Waals surface area (Å²) in [4.78, 5) is 93.8. The monoisotopic (exact) mass is 854 g/mol. The fraction of sp³-hybridized carbons (Fsp3) is 0.462. The van der Waals surface area contributed by atoms with Gasteiger partial charge < -0.3 is 56.6 Å². The zero-order chi connectivity index (χ0) is 43.7. The highest BCUT2D eigenvalue weighted by molar-refractivity contribution is 7.98. The third kappa shape index (κ3) is 11.6. The van der Waals surface area contributed by atoms with Gasteiger partial charge in [-0.2, -0.15) is 11.8 Å². The number of carbonyl (C=O) groups excluding carboxylic acids is 6. The summed E-state index contributed by atoms with van der Waals surface area (Å²) in [6.07, 6.45) is 0.594. The number of carboxylic acid groups (broad SMARTS) is 1. The summed E-state index contributed by atoms with van der Waals surface area (Å²) in [5, 5.41) is 55.8. The molecular weight excluding hydrogens is 805 g/mol. The fourth-order valence-electron chi connectivity index (χ4n) is 7.00. The van der Waals surface area contributed by atoms with Crippen LogP contribution >= 0.6 is 11.8 Å². The number of rotatable bonds is 16. The van der Waals surface area contributed by atoms with E-state index in [9.17, 15) is 54.0 Å². The van der Waals surface area contributed by atoms with E-state index in [-0.39, 0.29) is 55.9 Å². The number of carbonyl (C=O) groups is 7. The molecule has 60 heavy (non-hydrogen) atoms. The fourth-order valence-corrected chi connectivity index (χ4v) is 7.47. The van der Waals surface area contributed by atoms with Gasteiger partial charge in [-0.3, -0.25) is 29.4 Å². The van der Waals surface area contributed by atoms with E-state index in [1.165, 1.54) is 48.8 Å². The van der Waals surface area contributed by atoms with Crippen molar-refractivity contribution in [2.45, 2.75) is 88.1 Å². The first-order valence-electron chi connectivity index (χ1n) is 19.2. The molecule has 0 saturated carbocycles. The molecule has 2 fully saturated rings. The quantitative estimate of drug-likeness (QED) is 0.103. The van der Waals surface area contributed by atoms with E-state index in [1.807, 2.05) is 0 Å². The summed E-state index contributed by atoms with van der Waals surface area (Å²) in [6.45, 7) is 1.88. The van der Waals surface area contributed by atoms with Gasteiger partial charge in [-0.25, -0.2) is 14.4 Å². The second-order valence-electron chi connectivity index (χ2n) is 14.7. The highest BCUT2D eigenvalue weighted by atomic mass is 32.2. The molecule has 7 atom stereocenters. The van der Waals surface area contributed by atoms with Crippen molar-refractivity contribution < 1.29 is 58.7 Å². The lowest BCUT2D eigenvalue weighted by atomic mass is 9.94. The maximum atomic E-state index is 14.0. The average molecular weight is 855 g/mol. The molecule has 0 aliphatic carbocycles. The smallest absolute Gasteiger partial charge is 0.327 e. The number of thioether (sulfide) groups is 1. The summed E-state index contributed by atoms with van der Waals surface area (Å²) >= 11 is 1.37. The molecule has 0 radical (unpaired) electrons. The summed E-state index contributed by atoms with van der Waals surface area (Å²) in [6, 6.07) is 3.07. The standard InChI is InChI=1S/C39H50N8O12S/c1-20(46(2)35(54)28-16-23-15-25(49)8-7-22(23)18-40-28)32(34(53)41-19-26-17-30(50)36(59-26)47-11-9-31(51)44-39(47)58)45-33(52)27(10-12-60-3)42-38(57)43-29(37(55)56)14-21-5-4-6-24(48)13-21/h4-8,13,15,19-20,27-30,32,36,40,48-50H,9-12,14,16-18H2,1-3H3,(H,41,53)(H,45,52)(H,55,56)(H2,42,43,57)(H,44,51,58). The predicted molar refractivity (Wildman–Crippen MR) is 215 cm³/mol. The molecule has 3 aliphatic heterocycles. The molecule has 20 nitrogen and oxygen atoms in total. The van der Waals surface area contributed by atoms with Gasteiger partial charge in [0.1, 0.15) is 41.5 Å². The van der Waals surface area contributed by atoms with Crippen LogP contribution in [0, 0.1) is 0 Å². The molecule has 0 bridgehead atoms. The number of fused-ring (bicyclic) bond motifs is 1. The van der Waals surface area contributed by atoms with Crippen LogP contribution in [0.4, 0.5) is 9.59 Å². The molecule has 0 spiro atoms. The summed E-state index contributed by atoms with van der Waals surface area (Å²) in [5.74, 6) is -3.49. The molecule has 324 valence electrons. The van der Waals surface area contributed by atoms with E-state index in [0.717, 1.165) is 22.2 Å². The molecule has 5 rings (SSSR count). The zero-order valence-electron chi connectivity index (χ0n) is 33.2. The molecule has 21 heteroatoms. The van der Waals surface area contributed by atoms with Gasteiger partial charge in [-0.05, 0) is 72.7 Å². The third-order valence-electron chi connectivity index (χ3n) is 10.4. The number of aliphatic carboxylic acids is 1. The lowest BCUT2D eigenvalue weighted by Crippen LogP contribution is -2.62. The van der Waals surface area contributed by atoms with Gasteiger partial charge in [0.15, 0.2) is 0 Å². The Balaban J connectivity index is 1.33. The van der Waals surface area contributed by atoms with Gasteiger partial charge >= 0.3 is 18.0 Å². The Morgan fingerprint density at radius 2 is 1.73 bits per heavy atom. The highest BCUT2D eigenvalue weighted by Gasteiger charge is 2.41. The summed E-state index contributed by atoms with van der Waals surface area (Å²) in [7, 11) is 1.46. The van der Waals surface area contributed by atoms with Crippen LogP contribution in [0.25, 0.3) is 0 Å². The van der Waals surface area contributed by atoms with E-state index in [2.05, 4.69) is 31.9 Å². The van der Waals surface area contributed by atoms with E-state index >= 15 is 0 Å². The minimum Gasteiger partial charge on any atom is -0.508 e. The van der Waals surface area contributed by atoms with Crippen LogP contribution in [0.1, 0.15) is 42.9 Å². The minimum absolute atomic E-state index is 0.00107. The number of benzene rings is 2. The number of amides is 8. The van der Waals surface area contributed by atoms with Gasteiger partial charge in [0.05, 0.1) is 12.1 Å². The maximum Gasteiger partial charge on any atom is 0.327 e. The molecule has 3 heterocycles. The number of phenols is 2. The average Bonchev–Trinajstić information content (AvgIpc) is 3.58. The van der Waals surface area contributed by atoms with Crippen molar-refractivity contribution in [1.82, 2.24) is 41.7 Å². The molecule has 7 unspecified atom stereocenters. The minimum atomic E-state index is -1.47. The first kappa shape index (κ1) is 45.0. The lowest BCUT2D eigenvalue weighted by Gasteiger charge is -2.36. The Morgan fingerprint density at radius 1 is 1.00 bits per heavy atom. The number of hydrogen-bond acceptors (Lipinski definition) is 13. The van der Waals surface area contributed by atoms with Crippen LogP contribution < -0.4 is 31.9 Å². The molecule has 2 aromatic carbocycles. The van der Waals surface area contributed by atoms with Crippen molar-refractivity contribution in [1.29, 1.82) is 0 Å². The van der Waals surface area contributed by atoms with Gasteiger partial charge in [0.2, 0.25) is 29.9 Å². The number of aliphatic hydroxyl groups excluding tert-OH is 1. The number of imide groups is 1. The van der Waals surface area contributed by atoms with Gasteiger partial charge in [0.25, 0.3) is 0 Å². The van der Waals surface area contributed by atoms with Crippen molar-refractivity contribution in [3.8, 4) is 11.5 Å². The lowest BCUT2D eigenvalue weighted by molar-refractivity contribution is -0.139. The molecule has 3 aliphatic rings. The Hall–Kier alpha value is -6.06. The number of aromatic hydroxyl groups is 2. The first-order chi connectivity index (χ1) is 28.5. The van der Waals surface area contributed by atoms with E-state index in [4.69, 9.17) is 4.74 Å². The van der Waals surface area contributed by atoms with Crippen LogP contribution in [0.15, 0.2) is 54.4 Å². The molecule has 10 N–H and O–H groups in total. The number of nitrogens with one attached hydrogen (secondary N) is 6. The number of likely N-dealkylation sites (N-methyl/N-ethyl adjacent to an activating group) is 1. The number of hydrogen-bond donors (Lipinski definition) is 10. The van der Waals surface area contributed by atoms with Crippen molar-refractivity contribution in [3.63, 3.8) is 0 Å². The Labute approximate surface area is 349 Å². The van der Waals surface area contributed by atoms with Crippen LogP contribution in [-0.2, 0) is 48.1 Å². The summed E-state index contributed by atoms with van der Waals surface area (Å²) < 4.78 is 5.77. The van der Waals surface area contributed by atoms with Gasteiger partial charge in [0, 0.05) is 45.6 Å². The molecule has 2 aromatic rings.